The van der Waals surface area contributed by atoms with Crippen molar-refractivity contribution in [1.82, 2.24) is 3.53 Å². The van der Waals surface area contributed by atoms with Crippen LogP contribution in [0.4, 0.5) is 0 Å². The van der Waals surface area contributed by atoms with E-state index in [9.17, 15) is 0 Å². The number of allylic oxidation sites excluding steroid dienone is 4. The van der Waals surface area contributed by atoms with Crippen LogP contribution in [0.2, 0.25) is 0 Å². The summed E-state index contributed by atoms with van der Waals surface area (Å²) in [6, 6.07) is 0. The van der Waals surface area contributed by atoms with Crippen molar-refractivity contribution >= 4 is 20.1 Å². The minimum absolute atomic E-state index is 0.178. The second-order valence-electron chi connectivity index (χ2n) is 3.96. The van der Waals surface area contributed by atoms with E-state index in [0.29, 0.717) is 0 Å². The van der Waals surface area contributed by atoms with Gasteiger partial charge in [-0.2, -0.15) is 0 Å². The van der Waals surface area contributed by atoms with Gasteiger partial charge in [-0.05, 0) is 0 Å². The van der Waals surface area contributed by atoms with Crippen LogP contribution in [0.3, 0.4) is 0 Å². The van der Waals surface area contributed by atoms with Crippen molar-refractivity contribution in [3.05, 3.63) is 21.8 Å². The fourth-order valence-corrected chi connectivity index (χ4v) is 9.41. The van der Waals surface area contributed by atoms with E-state index in [1.54, 1.807) is 3.58 Å². The number of nitrogens with two attached hydrogens (primary N) is 1. The van der Waals surface area contributed by atoms with Crippen LogP contribution in [-0.2, 0) is 0 Å². The van der Waals surface area contributed by atoms with Crippen molar-refractivity contribution in [3.63, 3.8) is 0 Å². The molecule has 0 spiro atoms. The van der Waals surface area contributed by atoms with E-state index in [0.717, 1.165) is 11.8 Å². The van der Waals surface area contributed by atoms with Crippen molar-refractivity contribution in [1.29, 1.82) is 0 Å². The molecule has 0 aromatic carbocycles. The Morgan fingerprint density at radius 2 is 2.27 bits per heavy atom. The van der Waals surface area contributed by atoms with E-state index in [1.807, 2.05) is 0 Å². The summed E-state index contributed by atoms with van der Waals surface area (Å²) in [4.78, 5) is 0. The van der Waals surface area contributed by atoms with Gasteiger partial charge in [0.2, 0.25) is 0 Å². The Morgan fingerprint density at radius 3 is 3.00 bits per heavy atom. The van der Waals surface area contributed by atoms with E-state index in [4.69, 9.17) is 3.95 Å². The van der Waals surface area contributed by atoms with Gasteiger partial charge in [-0.1, -0.05) is 0 Å². The molecule has 0 amide bonds. The van der Waals surface area contributed by atoms with Crippen LogP contribution in [0, 0.1) is 11.8 Å². The van der Waals surface area contributed by atoms with Crippen molar-refractivity contribution in [2.24, 2.45) is 15.8 Å². The number of nitrogens with one attached hydrogen (secondary N) is 1. The molecule has 88 valence electrons. The Kier molecular flexibility index (Phi) is 4.91. The molecular weight excluding hydrogens is 414 g/mol. The van der Waals surface area contributed by atoms with Crippen molar-refractivity contribution in [2.75, 3.05) is 15.9 Å². The van der Waals surface area contributed by atoms with Gasteiger partial charge < -0.3 is 0 Å². The molecule has 15 heavy (non-hydrogen) atoms. The van der Waals surface area contributed by atoms with E-state index in [1.165, 1.54) is 21.7 Å². The van der Waals surface area contributed by atoms with Gasteiger partial charge in [-0.3, -0.25) is 0 Å². The average Bonchev–Trinajstić information content (AvgIpc) is 2.47. The predicted molar refractivity (Wildman–Crippen MR) is 70.4 cm³/mol. The summed E-state index contributed by atoms with van der Waals surface area (Å²) in [6.45, 7) is 0. The van der Waals surface area contributed by atoms with E-state index >= 15 is 0 Å². The molecule has 0 bridgehead atoms. The molecular formula is C11H19I2N2-. The van der Waals surface area contributed by atoms with Gasteiger partial charge in [-0.15, -0.1) is 0 Å². The molecule has 1 aliphatic heterocycles. The van der Waals surface area contributed by atoms with Gasteiger partial charge in [-0.25, -0.2) is 0 Å². The van der Waals surface area contributed by atoms with Crippen LogP contribution >= 0.6 is 20.1 Å². The molecule has 1 aliphatic carbocycles. The zero-order chi connectivity index (χ0) is 10.7. The second-order valence-corrected chi connectivity index (χ2v) is 11.3. The summed E-state index contributed by atoms with van der Waals surface area (Å²) in [5.74, 6) is 1.72. The first-order valence-electron chi connectivity index (χ1n) is 5.32. The molecule has 2 aliphatic rings. The zero-order valence-corrected chi connectivity index (χ0v) is 13.4. The van der Waals surface area contributed by atoms with Crippen molar-refractivity contribution in [2.45, 2.75) is 12.8 Å². The van der Waals surface area contributed by atoms with Crippen molar-refractivity contribution in [3.8, 4) is 0 Å². The Morgan fingerprint density at radius 1 is 1.47 bits per heavy atom. The van der Waals surface area contributed by atoms with Gasteiger partial charge in [0.05, 0.1) is 0 Å². The Balaban J connectivity index is 2.17. The summed E-state index contributed by atoms with van der Waals surface area (Å²) in [5, 5.41) is 0. The Labute approximate surface area is 110 Å². The molecule has 0 saturated carbocycles. The molecule has 0 unspecified atom stereocenters. The third-order valence-electron chi connectivity index (χ3n) is 3.15. The maximum atomic E-state index is 5.98. The van der Waals surface area contributed by atoms with E-state index in [-0.39, 0.29) is 21.5 Å². The first-order valence-corrected chi connectivity index (χ1v) is 11.8. The van der Waals surface area contributed by atoms with Gasteiger partial charge in [0.25, 0.3) is 0 Å². The molecule has 0 radical (unpaired) electrons. The second kappa shape index (κ2) is 5.97. The van der Waals surface area contributed by atoms with Crippen molar-refractivity contribution < 1.29 is 21.5 Å². The molecule has 0 fully saturated rings. The quantitative estimate of drug-likeness (QED) is 0.256. The van der Waals surface area contributed by atoms with Gasteiger partial charge in [0.1, 0.15) is 0 Å². The van der Waals surface area contributed by atoms with Gasteiger partial charge in [0.15, 0.2) is 0 Å². The number of hydrogen-bond acceptors (Lipinski definition) is 2. The molecule has 3 N–H and O–H groups in total. The number of hydrogen-bond donors (Lipinski definition) is 2. The number of fused-ring (bicyclic) bond motifs is 1. The standard InChI is InChI=1S/C11H19I2N2/c1-15-13-7-6-11(12-14)10-5-3-2-4-9(10)8-13/h2-3,6,9-10,15H,4-5,7-8,14H2,1H3/q-1/t9-,10-/m0/s1. The topological polar surface area (TPSA) is 38.0 Å². The molecule has 4 heteroatoms. The number of halogens is 2. The molecule has 2 atom stereocenters. The molecule has 0 aromatic heterocycles. The Hall–Kier alpha value is 0.860. The number of rotatable bonds is 2. The van der Waals surface area contributed by atoms with Gasteiger partial charge >= 0.3 is 111 Å². The monoisotopic (exact) mass is 433 g/mol. The summed E-state index contributed by atoms with van der Waals surface area (Å²) in [7, 11) is 2.15. The normalized spacial score (nSPS) is 33.5. The van der Waals surface area contributed by atoms with Crippen LogP contribution in [0.1, 0.15) is 12.8 Å². The fourth-order valence-electron chi connectivity index (χ4n) is 2.28. The summed E-state index contributed by atoms with van der Waals surface area (Å²) in [6.07, 6.45) is 9.78. The average molecular weight is 433 g/mol. The fraction of sp³-hybridized carbons (Fsp3) is 0.636. The van der Waals surface area contributed by atoms with E-state index < -0.39 is 20.1 Å². The summed E-state index contributed by atoms with van der Waals surface area (Å²) in [5.41, 5.74) is 0. The molecule has 2 nitrogen and oxygen atoms in total. The summed E-state index contributed by atoms with van der Waals surface area (Å²) >= 11 is -1.05. The third-order valence-corrected chi connectivity index (χ3v) is 10.3. The number of alkyl halides is 2. The first kappa shape index (κ1) is 12.3. The maximum absolute atomic E-state index is 5.98. The molecule has 0 saturated heterocycles. The molecule has 2 rings (SSSR count). The zero-order valence-electron chi connectivity index (χ0n) is 9.05. The molecule has 0 aromatic rings. The van der Waals surface area contributed by atoms with Crippen LogP contribution < -0.4 is 29.0 Å². The van der Waals surface area contributed by atoms with Crippen LogP contribution in [0.25, 0.3) is 0 Å². The van der Waals surface area contributed by atoms with Crippen LogP contribution in [-0.4, -0.2) is 15.9 Å². The van der Waals surface area contributed by atoms with E-state index in [2.05, 4.69) is 28.8 Å². The third kappa shape index (κ3) is 2.95. The van der Waals surface area contributed by atoms with Crippen LogP contribution in [0.5, 0.6) is 0 Å². The minimum atomic E-state index is -0.869. The SMILES string of the molecule is CNI1CC=C([I-]N)[C@H]2CC=CC[C@H]2C1. The molecule has 1 heterocycles. The van der Waals surface area contributed by atoms with Crippen LogP contribution in [0.15, 0.2) is 21.8 Å². The van der Waals surface area contributed by atoms with Gasteiger partial charge in [0, 0.05) is 0 Å². The Bertz CT molecular complexity index is 276. The predicted octanol–water partition coefficient (Wildman–Crippen LogP) is -0.930. The first-order chi connectivity index (χ1) is 7.35. The summed E-state index contributed by atoms with van der Waals surface area (Å²) < 4.78 is 14.0.